The largest absolute Gasteiger partial charge is 0.497 e. The van der Waals surface area contributed by atoms with E-state index in [1.54, 1.807) is 14.2 Å². The van der Waals surface area contributed by atoms with Crippen LogP contribution in [0.3, 0.4) is 0 Å². The van der Waals surface area contributed by atoms with Crippen molar-refractivity contribution in [2.75, 3.05) is 14.2 Å². The second-order valence-electron chi connectivity index (χ2n) is 7.13. The SMILES string of the molecule is COc1ccc(C2OC(=NC(C)(C)C)C(c3ccc(OC)cc3)O2)cc1. The van der Waals surface area contributed by atoms with Gasteiger partial charge in [0.25, 0.3) is 0 Å². The summed E-state index contributed by atoms with van der Waals surface area (Å²) >= 11 is 0. The summed E-state index contributed by atoms with van der Waals surface area (Å²) in [6.07, 6.45) is -0.860. The quantitative estimate of drug-likeness (QED) is 0.798. The standard InChI is InChI=1S/C21H25NO4/c1-21(2,3)22-19-18(14-6-10-16(23-4)11-7-14)25-20(26-19)15-8-12-17(24-5)13-9-15/h6-13,18,20H,1-5H3. The molecule has 0 radical (unpaired) electrons. The van der Waals surface area contributed by atoms with Gasteiger partial charge in [-0.15, -0.1) is 0 Å². The van der Waals surface area contributed by atoms with Crippen LogP contribution in [0.2, 0.25) is 0 Å². The average molecular weight is 355 g/mol. The second kappa shape index (κ2) is 7.38. The van der Waals surface area contributed by atoms with Crippen molar-refractivity contribution in [2.24, 2.45) is 4.99 Å². The first kappa shape index (κ1) is 18.3. The Bertz CT molecular complexity index is 760. The maximum Gasteiger partial charge on any atom is 0.229 e. The molecule has 26 heavy (non-hydrogen) atoms. The van der Waals surface area contributed by atoms with E-state index < -0.39 is 6.29 Å². The van der Waals surface area contributed by atoms with Crippen molar-refractivity contribution < 1.29 is 18.9 Å². The van der Waals surface area contributed by atoms with Crippen molar-refractivity contribution in [1.29, 1.82) is 0 Å². The van der Waals surface area contributed by atoms with Gasteiger partial charge >= 0.3 is 0 Å². The Balaban J connectivity index is 1.90. The lowest BCUT2D eigenvalue weighted by molar-refractivity contribution is -0.0521. The lowest BCUT2D eigenvalue weighted by atomic mass is 10.1. The summed E-state index contributed by atoms with van der Waals surface area (Å²) < 4.78 is 22.7. The molecule has 0 aliphatic carbocycles. The molecule has 0 aromatic heterocycles. The molecule has 5 heteroatoms. The lowest BCUT2D eigenvalue weighted by Crippen LogP contribution is -2.17. The molecule has 2 unspecified atom stereocenters. The van der Waals surface area contributed by atoms with Crippen LogP contribution in [0.1, 0.15) is 44.3 Å². The number of ether oxygens (including phenoxy) is 4. The summed E-state index contributed by atoms with van der Waals surface area (Å²) in [4.78, 5) is 4.73. The molecular weight excluding hydrogens is 330 g/mol. The molecule has 1 heterocycles. The molecule has 138 valence electrons. The third-order valence-electron chi connectivity index (χ3n) is 3.96. The Hall–Kier alpha value is -2.53. The summed E-state index contributed by atoms with van der Waals surface area (Å²) in [5.41, 5.74) is 1.63. The van der Waals surface area contributed by atoms with Crippen LogP contribution >= 0.6 is 0 Å². The highest BCUT2D eigenvalue weighted by Crippen LogP contribution is 2.38. The van der Waals surface area contributed by atoms with E-state index in [4.69, 9.17) is 23.9 Å². The third-order valence-corrected chi connectivity index (χ3v) is 3.96. The van der Waals surface area contributed by atoms with Gasteiger partial charge in [-0.25, -0.2) is 4.99 Å². The zero-order valence-corrected chi connectivity index (χ0v) is 15.9. The fraction of sp³-hybridized carbons (Fsp3) is 0.381. The first-order valence-corrected chi connectivity index (χ1v) is 8.59. The third kappa shape index (κ3) is 4.17. The fourth-order valence-corrected chi connectivity index (χ4v) is 2.70. The minimum atomic E-state index is -0.505. The highest BCUT2D eigenvalue weighted by atomic mass is 16.7. The van der Waals surface area contributed by atoms with Crippen molar-refractivity contribution in [1.82, 2.24) is 0 Å². The monoisotopic (exact) mass is 355 g/mol. The van der Waals surface area contributed by atoms with Gasteiger partial charge in [0.1, 0.15) is 11.5 Å². The predicted molar refractivity (Wildman–Crippen MR) is 101 cm³/mol. The van der Waals surface area contributed by atoms with Gasteiger partial charge in [-0.1, -0.05) is 12.1 Å². The lowest BCUT2D eigenvalue weighted by Gasteiger charge is -2.15. The van der Waals surface area contributed by atoms with Crippen LogP contribution in [0.15, 0.2) is 53.5 Å². The maximum atomic E-state index is 6.20. The van der Waals surface area contributed by atoms with Gasteiger partial charge < -0.3 is 18.9 Å². The van der Waals surface area contributed by atoms with Crippen LogP contribution in [-0.4, -0.2) is 25.7 Å². The van der Waals surface area contributed by atoms with Gasteiger partial charge in [-0.05, 0) is 62.7 Å². The van der Waals surface area contributed by atoms with E-state index in [0.717, 1.165) is 22.6 Å². The van der Waals surface area contributed by atoms with E-state index in [-0.39, 0.29) is 11.6 Å². The molecule has 0 N–H and O–H groups in total. The van der Waals surface area contributed by atoms with Crippen LogP contribution in [0, 0.1) is 0 Å². The van der Waals surface area contributed by atoms with E-state index in [1.807, 2.05) is 69.3 Å². The summed E-state index contributed by atoms with van der Waals surface area (Å²) in [6.45, 7) is 6.11. The molecular formula is C21H25NO4. The van der Waals surface area contributed by atoms with Crippen LogP contribution in [-0.2, 0) is 9.47 Å². The second-order valence-corrected chi connectivity index (χ2v) is 7.13. The molecule has 2 aromatic carbocycles. The number of rotatable bonds is 4. The molecule has 2 atom stereocenters. The molecule has 2 aromatic rings. The Labute approximate surface area is 154 Å². The first-order valence-electron chi connectivity index (χ1n) is 8.59. The minimum absolute atomic E-state index is 0.266. The topological polar surface area (TPSA) is 49.3 Å². The van der Waals surface area contributed by atoms with E-state index in [1.165, 1.54) is 0 Å². The van der Waals surface area contributed by atoms with Crippen molar-refractivity contribution in [3.8, 4) is 11.5 Å². The highest BCUT2D eigenvalue weighted by Gasteiger charge is 2.36. The van der Waals surface area contributed by atoms with Crippen molar-refractivity contribution in [2.45, 2.75) is 38.7 Å². The smallest absolute Gasteiger partial charge is 0.229 e. The normalized spacial score (nSPS) is 21.5. The van der Waals surface area contributed by atoms with Gasteiger partial charge in [0.2, 0.25) is 12.2 Å². The van der Waals surface area contributed by atoms with E-state index >= 15 is 0 Å². The highest BCUT2D eigenvalue weighted by molar-refractivity contribution is 5.84. The summed E-state index contributed by atoms with van der Waals surface area (Å²) in [6, 6.07) is 15.4. The van der Waals surface area contributed by atoms with Gasteiger partial charge in [-0.2, -0.15) is 0 Å². The van der Waals surface area contributed by atoms with Crippen LogP contribution in [0.4, 0.5) is 0 Å². The van der Waals surface area contributed by atoms with E-state index in [0.29, 0.717) is 5.90 Å². The zero-order chi connectivity index (χ0) is 18.7. The Morgan fingerprint density at radius 1 is 0.808 bits per heavy atom. The maximum absolute atomic E-state index is 6.20. The number of methoxy groups -OCH3 is 2. The molecule has 3 rings (SSSR count). The summed E-state index contributed by atoms with van der Waals surface area (Å²) in [7, 11) is 3.29. The molecule has 0 spiro atoms. The van der Waals surface area contributed by atoms with Crippen LogP contribution in [0.5, 0.6) is 11.5 Å². The van der Waals surface area contributed by atoms with Gasteiger partial charge in [-0.3, -0.25) is 0 Å². The Morgan fingerprint density at radius 3 is 1.77 bits per heavy atom. The van der Waals surface area contributed by atoms with Gasteiger partial charge in [0.15, 0.2) is 6.10 Å². The summed E-state index contributed by atoms with van der Waals surface area (Å²) in [5, 5.41) is 0. The molecule has 1 aliphatic heterocycles. The Kier molecular flexibility index (Phi) is 5.18. The Morgan fingerprint density at radius 2 is 1.31 bits per heavy atom. The van der Waals surface area contributed by atoms with Gasteiger partial charge in [0.05, 0.1) is 19.8 Å². The van der Waals surface area contributed by atoms with Crippen molar-refractivity contribution in [3.05, 3.63) is 59.7 Å². The molecule has 1 aliphatic rings. The van der Waals surface area contributed by atoms with Crippen molar-refractivity contribution >= 4 is 5.90 Å². The van der Waals surface area contributed by atoms with E-state index in [2.05, 4.69) is 0 Å². The van der Waals surface area contributed by atoms with Crippen LogP contribution < -0.4 is 9.47 Å². The molecule has 1 saturated heterocycles. The number of benzene rings is 2. The fourth-order valence-electron chi connectivity index (χ4n) is 2.70. The predicted octanol–water partition coefficient (Wildman–Crippen LogP) is 4.69. The molecule has 0 saturated carbocycles. The molecule has 5 nitrogen and oxygen atoms in total. The summed E-state index contributed by atoms with van der Waals surface area (Å²) in [5.74, 6) is 2.18. The number of hydrogen-bond donors (Lipinski definition) is 0. The van der Waals surface area contributed by atoms with Gasteiger partial charge in [0, 0.05) is 5.56 Å². The minimum Gasteiger partial charge on any atom is -0.497 e. The van der Waals surface area contributed by atoms with Crippen molar-refractivity contribution in [3.63, 3.8) is 0 Å². The average Bonchev–Trinajstić information content (AvgIpc) is 3.03. The molecule has 0 amide bonds. The number of hydrogen-bond acceptors (Lipinski definition) is 5. The number of nitrogens with zero attached hydrogens (tertiary/aromatic N) is 1. The molecule has 1 fully saturated rings. The zero-order valence-electron chi connectivity index (χ0n) is 15.9. The number of aliphatic imine (C=N–C) groups is 1. The van der Waals surface area contributed by atoms with E-state index in [9.17, 15) is 0 Å². The molecule has 0 bridgehead atoms. The first-order chi connectivity index (χ1) is 12.4. The van der Waals surface area contributed by atoms with Crippen LogP contribution in [0.25, 0.3) is 0 Å².